The SMILES string of the molecule is Nc1ccc(Cl)c(COc2ccc([N+](=O)[O-])cc2)n1. The van der Waals surface area contributed by atoms with Gasteiger partial charge in [0, 0.05) is 12.1 Å². The number of non-ortho nitro benzene ring substituents is 1. The van der Waals surface area contributed by atoms with Crippen molar-refractivity contribution in [2.24, 2.45) is 0 Å². The van der Waals surface area contributed by atoms with Crippen molar-refractivity contribution in [2.45, 2.75) is 6.61 Å². The molecule has 1 heterocycles. The lowest BCUT2D eigenvalue weighted by Crippen LogP contribution is -2.01. The van der Waals surface area contributed by atoms with E-state index in [1.54, 1.807) is 12.1 Å². The van der Waals surface area contributed by atoms with E-state index in [-0.39, 0.29) is 12.3 Å². The van der Waals surface area contributed by atoms with Gasteiger partial charge in [-0.05, 0) is 24.3 Å². The third-order valence-electron chi connectivity index (χ3n) is 2.36. The molecule has 0 fully saturated rings. The molecule has 0 bridgehead atoms. The Bertz CT molecular complexity index is 602. The summed E-state index contributed by atoms with van der Waals surface area (Å²) in [4.78, 5) is 14.1. The van der Waals surface area contributed by atoms with Crippen LogP contribution in [0.25, 0.3) is 0 Å². The monoisotopic (exact) mass is 279 g/mol. The Hall–Kier alpha value is -2.34. The molecule has 19 heavy (non-hydrogen) atoms. The minimum Gasteiger partial charge on any atom is -0.487 e. The van der Waals surface area contributed by atoms with Crippen molar-refractivity contribution < 1.29 is 9.66 Å². The Morgan fingerprint density at radius 3 is 2.58 bits per heavy atom. The first-order valence-electron chi connectivity index (χ1n) is 5.34. The van der Waals surface area contributed by atoms with Gasteiger partial charge in [-0.25, -0.2) is 4.98 Å². The van der Waals surface area contributed by atoms with Gasteiger partial charge in [-0.15, -0.1) is 0 Å². The minimum absolute atomic E-state index is 0.00691. The Labute approximate surface area is 113 Å². The molecule has 0 saturated carbocycles. The summed E-state index contributed by atoms with van der Waals surface area (Å²) in [6.45, 7) is 0.141. The van der Waals surface area contributed by atoms with Gasteiger partial charge >= 0.3 is 0 Å². The van der Waals surface area contributed by atoms with E-state index in [1.165, 1.54) is 24.3 Å². The highest BCUT2D eigenvalue weighted by Gasteiger charge is 2.06. The highest BCUT2D eigenvalue weighted by atomic mass is 35.5. The molecule has 0 saturated heterocycles. The molecule has 98 valence electrons. The van der Waals surface area contributed by atoms with Crippen LogP contribution in [0.2, 0.25) is 5.02 Å². The maximum absolute atomic E-state index is 10.5. The average Bonchev–Trinajstić information content (AvgIpc) is 2.40. The summed E-state index contributed by atoms with van der Waals surface area (Å²) in [6, 6.07) is 8.99. The number of nitrogen functional groups attached to an aromatic ring is 1. The smallest absolute Gasteiger partial charge is 0.269 e. The van der Waals surface area contributed by atoms with Gasteiger partial charge in [0.15, 0.2) is 0 Å². The van der Waals surface area contributed by atoms with Crippen LogP contribution in [0, 0.1) is 10.1 Å². The fraction of sp³-hybridized carbons (Fsp3) is 0.0833. The molecule has 0 spiro atoms. The first kappa shape index (κ1) is 13.1. The Morgan fingerprint density at radius 2 is 1.95 bits per heavy atom. The number of nitro groups is 1. The number of pyridine rings is 1. The van der Waals surface area contributed by atoms with Gasteiger partial charge in [0.1, 0.15) is 18.2 Å². The highest BCUT2D eigenvalue weighted by molar-refractivity contribution is 6.31. The van der Waals surface area contributed by atoms with Crippen molar-refractivity contribution in [1.82, 2.24) is 4.98 Å². The maximum atomic E-state index is 10.5. The van der Waals surface area contributed by atoms with Crippen LogP contribution >= 0.6 is 11.6 Å². The predicted octanol–water partition coefficient (Wildman–Crippen LogP) is 2.80. The number of ether oxygens (including phenoxy) is 1. The molecule has 6 nitrogen and oxygen atoms in total. The number of hydrogen-bond donors (Lipinski definition) is 1. The summed E-state index contributed by atoms with van der Waals surface area (Å²) >= 11 is 5.94. The lowest BCUT2D eigenvalue weighted by Gasteiger charge is -2.07. The van der Waals surface area contributed by atoms with Crippen LogP contribution in [-0.4, -0.2) is 9.91 Å². The molecule has 2 N–H and O–H groups in total. The first-order chi connectivity index (χ1) is 9.06. The Kier molecular flexibility index (Phi) is 3.82. The van der Waals surface area contributed by atoms with Crippen LogP contribution in [0.1, 0.15) is 5.69 Å². The van der Waals surface area contributed by atoms with Gasteiger partial charge in [0.05, 0.1) is 15.6 Å². The van der Waals surface area contributed by atoms with E-state index in [1.807, 2.05) is 0 Å². The topological polar surface area (TPSA) is 91.3 Å². The third kappa shape index (κ3) is 3.32. The summed E-state index contributed by atoms with van der Waals surface area (Å²) in [6.07, 6.45) is 0. The van der Waals surface area contributed by atoms with E-state index in [0.717, 1.165) is 0 Å². The van der Waals surface area contributed by atoms with Crippen molar-refractivity contribution in [1.29, 1.82) is 0 Å². The fourth-order valence-electron chi connectivity index (χ4n) is 1.42. The predicted molar refractivity (Wildman–Crippen MR) is 71.1 cm³/mol. The van der Waals surface area contributed by atoms with Crippen LogP contribution in [0.5, 0.6) is 5.75 Å². The van der Waals surface area contributed by atoms with Gasteiger partial charge in [0.2, 0.25) is 0 Å². The summed E-state index contributed by atoms with van der Waals surface area (Å²) < 4.78 is 5.44. The number of nitrogens with two attached hydrogens (primary N) is 1. The van der Waals surface area contributed by atoms with Crippen molar-refractivity contribution in [2.75, 3.05) is 5.73 Å². The summed E-state index contributed by atoms with van der Waals surface area (Å²) in [7, 11) is 0. The lowest BCUT2D eigenvalue weighted by molar-refractivity contribution is -0.384. The number of halogens is 1. The zero-order valence-electron chi connectivity index (χ0n) is 9.75. The van der Waals surface area contributed by atoms with Gasteiger partial charge in [-0.2, -0.15) is 0 Å². The molecule has 1 aromatic heterocycles. The summed E-state index contributed by atoms with van der Waals surface area (Å²) in [5.74, 6) is 0.845. The fourth-order valence-corrected chi connectivity index (χ4v) is 1.58. The lowest BCUT2D eigenvalue weighted by atomic mass is 10.3. The average molecular weight is 280 g/mol. The van der Waals surface area contributed by atoms with E-state index in [0.29, 0.717) is 22.3 Å². The van der Waals surface area contributed by atoms with E-state index in [9.17, 15) is 10.1 Å². The second-order valence-corrected chi connectivity index (χ2v) is 4.11. The number of nitrogens with zero attached hydrogens (tertiary/aromatic N) is 2. The number of hydrogen-bond acceptors (Lipinski definition) is 5. The zero-order valence-corrected chi connectivity index (χ0v) is 10.5. The van der Waals surface area contributed by atoms with Crippen LogP contribution in [0.3, 0.4) is 0 Å². The molecule has 1 aromatic carbocycles. The largest absolute Gasteiger partial charge is 0.487 e. The quantitative estimate of drug-likeness (QED) is 0.686. The van der Waals surface area contributed by atoms with Gasteiger partial charge in [0.25, 0.3) is 5.69 Å². The molecule has 0 radical (unpaired) electrons. The molecular weight excluding hydrogens is 270 g/mol. The van der Waals surface area contributed by atoms with Crippen molar-refractivity contribution in [3.63, 3.8) is 0 Å². The van der Waals surface area contributed by atoms with Crippen LogP contribution in [-0.2, 0) is 6.61 Å². The van der Waals surface area contributed by atoms with E-state index < -0.39 is 4.92 Å². The molecule has 0 atom stereocenters. The number of benzene rings is 1. The van der Waals surface area contributed by atoms with Crippen LogP contribution < -0.4 is 10.5 Å². The standard InChI is InChI=1S/C12H10ClN3O3/c13-10-5-6-12(14)15-11(10)7-19-9-3-1-8(2-4-9)16(17)18/h1-6H,7H2,(H2,14,15). The minimum atomic E-state index is -0.472. The number of nitro benzene ring substituents is 1. The summed E-state index contributed by atoms with van der Waals surface area (Å²) in [5.41, 5.74) is 6.07. The molecule has 0 amide bonds. The first-order valence-corrected chi connectivity index (χ1v) is 5.72. The second-order valence-electron chi connectivity index (χ2n) is 3.70. The molecular formula is C12H10ClN3O3. The third-order valence-corrected chi connectivity index (χ3v) is 2.71. The number of aromatic nitrogens is 1. The van der Waals surface area contributed by atoms with Gasteiger partial charge in [-0.3, -0.25) is 10.1 Å². The van der Waals surface area contributed by atoms with Crippen molar-refractivity contribution in [3.05, 3.63) is 57.2 Å². The molecule has 2 rings (SSSR count). The van der Waals surface area contributed by atoms with Crippen LogP contribution in [0.15, 0.2) is 36.4 Å². The molecule has 0 aliphatic carbocycles. The number of rotatable bonds is 4. The van der Waals surface area contributed by atoms with Crippen LogP contribution in [0.4, 0.5) is 11.5 Å². The van der Waals surface area contributed by atoms with Gasteiger partial charge in [-0.1, -0.05) is 11.6 Å². The second kappa shape index (κ2) is 5.53. The molecule has 2 aromatic rings. The number of anilines is 1. The highest BCUT2D eigenvalue weighted by Crippen LogP contribution is 2.20. The van der Waals surface area contributed by atoms with Gasteiger partial charge < -0.3 is 10.5 Å². The summed E-state index contributed by atoms with van der Waals surface area (Å²) in [5, 5.41) is 11.0. The normalized spacial score (nSPS) is 10.2. The Morgan fingerprint density at radius 1 is 1.26 bits per heavy atom. The van der Waals surface area contributed by atoms with Crippen molar-refractivity contribution >= 4 is 23.1 Å². The molecule has 7 heteroatoms. The zero-order chi connectivity index (χ0) is 13.8. The van der Waals surface area contributed by atoms with E-state index >= 15 is 0 Å². The van der Waals surface area contributed by atoms with E-state index in [2.05, 4.69) is 4.98 Å². The molecule has 0 aliphatic heterocycles. The van der Waals surface area contributed by atoms with E-state index in [4.69, 9.17) is 22.1 Å². The molecule has 0 aliphatic rings. The maximum Gasteiger partial charge on any atom is 0.269 e. The molecule has 0 unspecified atom stereocenters. The van der Waals surface area contributed by atoms with Crippen molar-refractivity contribution in [3.8, 4) is 5.75 Å². The Balaban J connectivity index is 2.06.